The van der Waals surface area contributed by atoms with Crippen molar-refractivity contribution in [2.45, 2.75) is 50.4 Å². The molecule has 4 aromatic heterocycles. The average Bonchev–Trinajstić information content (AvgIpc) is 3.26. The zero-order valence-corrected chi connectivity index (χ0v) is 17.1. The molecule has 4 heterocycles. The summed E-state index contributed by atoms with van der Waals surface area (Å²) in [6, 6.07) is 4.07. The summed E-state index contributed by atoms with van der Waals surface area (Å²) in [5.41, 5.74) is 3.63. The number of rotatable bonds is 4. The van der Waals surface area contributed by atoms with E-state index in [-0.39, 0.29) is 0 Å². The molecule has 0 fully saturated rings. The Morgan fingerprint density at radius 2 is 2.26 bits per heavy atom. The molecule has 138 valence electrons. The third-order valence-electron chi connectivity index (χ3n) is 5.25. The van der Waals surface area contributed by atoms with Gasteiger partial charge in [-0.2, -0.15) is 0 Å². The Kier molecular flexibility index (Phi) is 4.36. The summed E-state index contributed by atoms with van der Waals surface area (Å²) in [6.07, 6.45) is 8.12. The number of nitrogens with zero attached hydrogens (tertiary/aromatic N) is 5. The average molecular weight is 396 g/mol. The molecule has 0 bridgehead atoms. The van der Waals surface area contributed by atoms with Gasteiger partial charge >= 0.3 is 0 Å². The zero-order chi connectivity index (χ0) is 18.4. The van der Waals surface area contributed by atoms with Gasteiger partial charge in [0, 0.05) is 29.4 Å². The van der Waals surface area contributed by atoms with Crippen LogP contribution in [0, 0.1) is 5.92 Å². The predicted octanol–water partition coefficient (Wildman–Crippen LogP) is 4.71. The van der Waals surface area contributed by atoms with Crippen molar-refractivity contribution in [3.63, 3.8) is 0 Å². The minimum absolute atomic E-state index is 0.760. The Morgan fingerprint density at radius 3 is 3.07 bits per heavy atom. The van der Waals surface area contributed by atoms with Crippen molar-refractivity contribution in [1.29, 1.82) is 0 Å². The van der Waals surface area contributed by atoms with E-state index in [9.17, 15) is 0 Å². The molecule has 27 heavy (non-hydrogen) atoms. The number of thioether (sulfide) groups is 1. The maximum absolute atomic E-state index is 5.02. The van der Waals surface area contributed by atoms with Crippen LogP contribution in [0.3, 0.4) is 0 Å². The van der Waals surface area contributed by atoms with Gasteiger partial charge in [-0.15, -0.1) is 21.5 Å². The highest BCUT2D eigenvalue weighted by Gasteiger charge is 2.25. The topological polar surface area (TPSA) is 56.0 Å². The van der Waals surface area contributed by atoms with E-state index in [2.05, 4.69) is 39.5 Å². The fourth-order valence-electron chi connectivity index (χ4n) is 3.84. The largest absolute Gasteiger partial charge is 0.264 e. The standard InChI is InChI=1S/C20H21N5S2/c1-3-16-22-19-17(14-7-6-12(2)9-15(14)27-19)18-23-24-20(25(16)18)26-11-13-5-4-8-21-10-13/h4-5,8,10,12H,3,6-7,9,11H2,1-2H3/t12-/m0/s1. The van der Waals surface area contributed by atoms with Gasteiger partial charge in [0.1, 0.15) is 10.7 Å². The van der Waals surface area contributed by atoms with Crippen LogP contribution in [0.1, 0.15) is 42.1 Å². The van der Waals surface area contributed by atoms with Crippen LogP contribution in [0.15, 0.2) is 29.7 Å². The molecule has 0 N–H and O–H groups in total. The Morgan fingerprint density at radius 1 is 1.33 bits per heavy atom. The first-order valence-corrected chi connectivity index (χ1v) is 11.2. The number of aromatic nitrogens is 5. The summed E-state index contributed by atoms with van der Waals surface area (Å²) in [4.78, 5) is 11.9. The van der Waals surface area contributed by atoms with Gasteiger partial charge < -0.3 is 0 Å². The number of fused-ring (bicyclic) bond motifs is 5. The first-order chi connectivity index (χ1) is 13.2. The highest BCUT2D eigenvalue weighted by atomic mass is 32.2. The van der Waals surface area contributed by atoms with E-state index in [0.29, 0.717) is 0 Å². The molecular formula is C20H21N5S2. The van der Waals surface area contributed by atoms with Crippen molar-refractivity contribution in [2.24, 2.45) is 5.92 Å². The van der Waals surface area contributed by atoms with Gasteiger partial charge in [0.2, 0.25) is 0 Å². The molecule has 4 aromatic rings. The maximum atomic E-state index is 5.02. The summed E-state index contributed by atoms with van der Waals surface area (Å²) in [5.74, 6) is 2.63. The molecule has 0 amide bonds. The Bertz CT molecular complexity index is 1120. The fourth-order valence-corrected chi connectivity index (χ4v) is 6.12. The Hall–Kier alpha value is -1.99. The van der Waals surface area contributed by atoms with Crippen molar-refractivity contribution < 1.29 is 0 Å². The number of hydrogen-bond acceptors (Lipinski definition) is 6. The van der Waals surface area contributed by atoms with Crippen molar-refractivity contribution in [3.05, 3.63) is 46.4 Å². The molecule has 0 radical (unpaired) electrons. The van der Waals surface area contributed by atoms with E-state index >= 15 is 0 Å². The normalized spacial score (nSPS) is 16.9. The fraction of sp³-hybridized carbons (Fsp3) is 0.400. The SMILES string of the molecule is CCc1nc2sc3c(c2c2nnc(SCc4cccnc4)n12)CC[C@H](C)C3. The first kappa shape index (κ1) is 17.1. The summed E-state index contributed by atoms with van der Waals surface area (Å²) in [5, 5.41) is 11.3. The van der Waals surface area contributed by atoms with Crippen molar-refractivity contribution in [2.75, 3.05) is 0 Å². The zero-order valence-electron chi connectivity index (χ0n) is 15.5. The third kappa shape index (κ3) is 2.93. The molecule has 0 unspecified atom stereocenters. The molecule has 1 aliphatic rings. The quantitative estimate of drug-likeness (QED) is 0.468. The Balaban J connectivity index is 1.63. The highest BCUT2D eigenvalue weighted by molar-refractivity contribution is 7.98. The third-order valence-corrected chi connectivity index (χ3v) is 7.39. The summed E-state index contributed by atoms with van der Waals surface area (Å²) < 4.78 is 2.18. The van der Waals surface area contributed by atoms with Crippen LogP contribution < -0.4 is 0 Å². The maximum Gasteiger partial charge on any atom is 0.197 e. The second-order valence-corrected chi connectivity index (χ2v) is 9.23. The van der Waals surface area contributed by atoms with Crippen LogP contribution in [-0.2, 0) is 25.0 Å². The Labute approximate surface area is 166 Å². The van der Waals surface area contributed by atoms with E-state index < -0.39 is 0 Å². The van der Waals surface area contributed by atoms with E-state index in [0.717, 1.165) is 46.0 Å². The lowest BCUT2D eigenvalue weighted by molar-refractivity contribution is 0.509. The molecule has 0 saturated carbocycles. The van der Waals surface area contributed by atoms with Crippen LogP contribution in [0.5, 0.6) is 0 Å². The summed E-state index contributed by atoms with van der Waals surface area (Å²) >= 11 is 3.56. The number of pyridine rings is 1. The molecule has 5 nitrogen and oxygen atoms in total. The number of hydrogen-bond donors (Lipinski definition) is 0. The lowest BCUT2D eigenvalue weighted by Crippen LogP contribution is -2.09. The molecule has 7 heteroatoms. The van der Waals surface area contributed by atoms with Crippen LogP contribution in [0.4, 0.5) is 0 Å². The van der Waals surface area contributed by atoms with Crippen LogP contribution >= 0.6 is 23.1 Å². The predicted molar refractivity (Wildman–Crippen MR) is 111 cm³/mol. The van der Waals surface area contributed by atoms with Gasteiger partial charge in [-0.3, -0.25) is 9.38 Å². The van der Waals surface area contributed by atoms with Gasteiger partial charge in [-0.25, -0.2) is 4.98 Å². The molecule has 0 spiro atoms. The van der Waals surface area contributed by atoms with Crippen molar-refractivity contribution >= 4 is 39.0 Å². The molecule has 1 aliphatic carbocycles. The number of aryl methyl sites for hydroxylation is 2. The minimum Gasteiger partial charge on any atom is -0.264 e. The minimum atomic E-state index is 0.760. The highest BCUT2D eigenvalue weighted by Crippen LogP contribution is 2.39. The smallest absolute Gasteiger partial charge is 0.197 e. The van der Waals surface area contributed by atoms with Crippen LogP contribution in [0.25, 0.3) is 15.9 Å². The van der Waals surface area contributed by atoms with Crippen LogP contribution in [0.2, 0.25) is 0 Å². The summed E-state index contributed by atoms with van der Waals surface area (Å²) in [7, 11) is 0. The van der Waals surface area contributed by atoms with Gasteiger partial charge in [-0.05, 0) is 42.4 Å². The monoisotopic (exact) mass is 395 g/mol. The van der Waals surface area contributed by atoms with Crippen molar-refractivity contribution in [3.8, 4) is 0 Å². The van der Waals surface area contributed by atoms with E-state index in [1.165, 1.54) is 34.2 Å². The number of thiophene rings is 1. The first-order valence-electron chi connectivity index (χ1n) is 9.44. The molecule has 5 rings (SSSR count). The van der Waals surface area contributed by atoms with E-state index in [1.807, 2.05) is 23.6 Å². The molecule has 1 atom stereocenters. The second-order valence-electron chi connectivity index (χ2n) is 7.21. The lowest BCUT2D eigenvalue weighted by atomic mass is 9.89. The van der Waals surface area contributed by atoms with Crippen molar-refractivity contribution in [1.82, 2.24) is 24.6 Å². The molecule has 0 saturated heterocycles. The molecular weight excluding hydrogens is 374 g/mol. The van der Waals surface area contributed by atoms with E-state index in [1.54, 1.807) is 18.0 Å². The molecule has 0 aromatic carbocycles. The summed E-state index contributed by atoms with van der Waals surface area (Å²) in [6.45, 7) is 4.50. The van der Waals surface area contributed by atoms with Crippen LogP contribution in [-0.4, -0.2) is 24.6 Å². The molecule has 0 aliphatic heterocycles. The second kappa shape index (κ2) is 6.87. The van der Waals surface area contributed by atoms with Gasteiger partial charge in [0.15, 0.2) is 10.8 Å². The lowest BCUT2D eigenvalue weighted by Gasteiger charge is -2.17. The van der Waals surface area contributed by atoms with E-state index in [4.69, 9.17) is 4.98 Å². The van der Waals surface area contributed by atoms with Gasteiger partial charge in [0.05, 0.1) is 5.39 Å². The van der Waals surface area contributed by atoms with Gasteiger partial charge in [0.25, 0.3) is 0 Å². The van der Waals surface area contributed by atoms with Gasteiger partial charge in [-0.1, -0.05) is 31.7 Å².